The van der Waals surface area contributed by atoms with E-state index in [9.17, 15) is 5.11 Å². The van der Waals surface area contributed by atoms with Crippen molar-refractivity contribution in [1.82, 2.24) is 0 Å². The standard InChI is InChI=1S/C20H25N3O3/c1-5-22-19-8-7-15(13-20(19)21-2)23(9-6-10-24)16-11-17(25-3)14-18(12-16)26-4/h5,7-8,11-14,24H,2,6,9-10H2,1,3-4H3/b22-5-. The molecule has 2 rings (SSSR count). The summed E-state index contributed by atoms with van der Waals surface area (Å²) in [6.45, 7) is 6.22. The Labute approximate surface area is 154 Å². The number of aliphatic hydroxyl groups excluding tert-OH is 1. The number of ether oxygens (including phenoxy) is 2. The molecule has 0 saturated heterocycles. The molecule has 1 N–H and O–H groups in total. The fraction of sp³-hybridized carbons (Fsp3) is 0.300. The van der Waals surface area contributed by atoms with Crippen LogP contribution in [0.1, 0.15) is 13.3 Å². The van der Waals surface area contributed by atoms with E-state index in [1.54, 1.807) is 20.4 Å². The molecule has 0 atom stereocenters. The highest BCUT2D eigenvalue weighted by Crippen LogP contribution is 2.37. The van der Waals surface area contributed by atoms with Gasteiger partial charge in [-0.2, -0.15) is 0 Å². The topological polar surface area (TPSA) is 66.7 Å². The Morgan fingerprint density at radius 1 is 1.04 bits per heavy atom. The highest BCUT2D eigenvalue weighted by Gasteiger charge is 2.14. The van der Waals surface area contributed by atoms with Crippen molar-refractivity contribution in [3.8, 4) is 11.5 Å². The minimum absolute atomic E-state index is 0.0996. The van der Waals surface area contributed by atoms with Gasteiger partial charge in [-0.3, -0.25) is 9.98 Å². The maximum Gasteiger partial charge on any atom is 0.124 e. The summed E-state index contributed by atoms with van der Waals surface area (Å²) in [6.07, 6.45) is 2.34. The summed E-state index contributed by atoms with van der Waals surface area (Å²) in [5.41, 5.74) is 3.28. The molecule has 0 fully saturated rings. The van der Waals surface area contributed by atoms with Gasteiger partial charge in [0.2, 0.25) is 0 Å². The van der Waals surface area contributed by atoms with E-state index < -0.39 is 0 Å². The van der Waals surface area contributed by atoms with Crippen LogP contribution in [0.3, 0.4) is 0 Å². The average Bonchev–Trinajstić information content (AvgIpc) is 2.68. The number of aliphatic hydroxyl groups is 1. The lowest BCUT2D eigenvalue weighted by molar-refractivity contribution is 0.291. The van der Waals surface area contributed by atoms with Gasteiger partial charge in [-0.15, -0.1) is 0 Å². The van der Waals surface area contributed by atoms with Gasteiger partial charge in [-0.1, -0.05) is 0 Å². The Morgan fingerprint density at radius 3 is 2.27 bits per heavy atom. The Kier molecular flexibility index (Phi) is 7.17. The number of hydrogen-bond donors (Lipinski definition) is 1. The van der Waals surface area contributed by atoms with E-state index in [4.69, 9.17) is 9.47 Å². The monoisotopic (exact) mass is 355 g/mol. The lowest BCUT2D eigenvalue weighted by Gasteiger charge is -2.26. The van der Waals surface area contributed by atoms with E-state index in [0.717, 1.165) is 17.1 Å². The zero-order chi connectivity index (χ0) is 18.9. The quantitative estimate of drug-likeness (QED) is 0.682. The van der Waals surface area contributed by atoms with Gasteiger partial charge in [0.1, 0.15) is 11.5 Å². The van der Waals surface area contributed by atoms with Gasteiger partial charge < -0.3 is 19.5 Å². The number of rotatable bonds is 9. The van der Waals surface area contributed by atoms with Crippen molar-refractivity contribution >= 4 is 35.7 Å². The third-order valence-electron chi connectivity index (χ3n) is 3.90. The molecule has 0 amide bonds. The molecule has 0 saturated carbocycles. The van der Waals surface area contributed by atoms with Crippen LogP contribution in [0.4, 0.5) is 22.7 Å². The number of methoxy groups -OCH3 is 2. The van der Waals surface area contributed by atoms with Crippen molar-refractivity contribution in [1.29, 1.82) is 0 Å². The van der Waals surface area contributed by atoms with Crippen molar-refractivity contribution in [2.75, 3.05) is 32.3 Å². The second kappa shape index (κ2) is 9.58. The van der Waals surface area contributed by atoms with E-state index in [2.05, 4.69) is 21.6 Å². The molecular weight excluding hydrogens is 330 g/mol. The van der Waals surface area contributed by atoms with E-state index >= 15 is 0 Å². The molecule has 0 bridgehead atoms. The summed E-state index contributed by atoms with van der Waals surface area (Å²) in [5.74, 6) is 1.39. The molecule has 0 aromatic heterocycles. The van der Waals surface area contributed by atoms with Crippen molar-refractivity contribution in [3.05, 3.63) is 36.4 Å². The molecule has 138 valence electrons. The van der Waals surface area contributed by atoms with E-state index in [1.807, 2.05) is 43.3 Å². The van der Waals surface area contributed by atoms with Crippen LogP contribution in [0.5, 0.6) is 11.5 Å². The molecule has 0 aliphatic rings. The first kappa shape index (κ1) is 19.5. The van der Waals surface area contributed by atoms with Gasteiger partial charge in [-0.05, 0) is 38.3 Å². The van der Waals surface area contributed by atoms with Gasteiger partial charge >= 0.3 is 0 Å². The van der Waals surface area contributed by atoms with Crippen LogP contribution < -0.4 is 14.4 Å². The van der Waals surface area contributed by atoms with Crippen molar-refractivity contribution in [3.63, 3.8) is 0 Å². The molecule has 2 aromatic rings. The van der Waals surface area contributed by atoms with Crippen LogP contribution >= 0.6 is 0 Å². The predicted molar refractivity (Wildman–Crippen MR) is 108 cm³/mol. The Morgan fingerprint density at radius 2 is 1.73 bits per heavy atom. The molecule has 0 aliphatic carbocycles. The SMILES string of the molecule is C=Nc1cc(N(CCCO)c2cc(OC)cc(OC)c2)ccc1/N=C\C. The molecule has 26 heavy (non-hydrogen) atoms. The highest BCUT2D eigenvalue weighted by molar-refractivity contribution is 5.77. The third-order valence-corrected chi connectivity index (χ3v) is 3.90. The molecule has 0 unspecified atom stereocenters. The second-order valence-electron chi connectivity index (χ2n) is 5.52. The minimum atomic E-state index is 0.0996. The third kappa shape index (κ3) is 4.61. The molecule has 6 heteroatoms. The summed E-state index contributed by atoms with van der Waals surface area (Å²) in [6, 6.07) is 11.5. The van der Waals surface area contributed by atoms with Crippen LogP contribution in [0, 0.1) is 0 Å². The minimum Gasteiger partial charge on any atom is -0.497 e. The molecule has 0 aliphatic heterocycles. The Balaban J connectivity index is 2.52. The summed E-state index contributed by atoms with van der Waals surface area (Å²) in [7, 11) is 3.24. The van der Waals surface area contributed by atoms with Crippen LogP contribution in [0.2, 0.25) is 0 Å². The normalized spacial score (nSPS) is 10.8. The van der Waals surface area contributed by atoms with Crippen LogP contribution in [0.15, 0.2) is 46.4 Å². The smallest absolute Gasteiger partial charge is 0.124 e. The highest BCUT2D eigenvalue weighted by atomic mass is 16.5. The second-order valence-corrected chi connectivity index (χ2v) is 5.52. The van der Waals surface area contributed by atoms with Gasteiger partial charge in [-0.25, -0.2) is 0 Å². The first-order valence-corrected chi connectivity index (χ1v) is 8.37. The molecular formula is C20H25N3O3. The molecule has 0 radical (unpaired) electrons. The zero-order valence-electron chi connectivity index (χ0n) is 15.5. The van der Waals surface area contributed by atoms with E-state index in [-0.39, 0.29) is 6.61 Å². The van der Waals surface area contributed by atoms with Crippen LogP contribution in [-0.4, -0.2) is 45.4 Å². The van der Waals surface area contributed by atoms with E-state index in [0.29, 0.717) is 30.2 Å². The lowest BCUT2D eigenvalue weighted by atomic mass is 10.1. The largest absolute Gasteiger partial charge is 0.497 e. The van der Waals surface area contributed by atoms with Gasteiger partial charge in [0.25, 0.3) is 0 Å². The molecule has 2 aromatic carbocycles. The van der Waals surface area contributed by atoms with Crippen molar-refractivity contribution in [2.45, 2.75) is 13.3 Å². The summed E-state index contributed by atoms with van der Waals surface area (Å²) >= 11 is 0. The van der Waals surface area contributed by atoms with Crippen molar-refractivity contribution < 1.29 is 14.6 Å². The fourth-order valence-electron chi connectivity index (χ4n) is 2.64. The van der Waals surface area contributed by atoms with E-state index in [1.165, 1.54) is 0 Å². The number of aliphatic imine (C=N–C) groups is 2. The molecule has 0 spiro atoms. The maximum absolute atomic E-state index is 9.30. The lowest BCUT2D eigenvalue weighted by Crippen LogP contribution is -2.19. The maximum atomic E-state index is 9.30. The summed E-state index contributed by atoms with van der Waals surface area (Å²) < 4.78 is 10.8. The fourth-order valence-corrected chi connectivity index (χ4v) is 2.64. The van der Waals surface area contributed by atoms with Gasteiger partial charge in [0.15, 0.2) is 0 Å². The van der Waals surface area contributed by atoms with Crippen LogP contribution in [0.25, 0.3) is 0 Å². The first-order chi connectivity index (χ1) is 12.7. The Hall–Kier alpha value is -2.86. The summed E-state index contributed by atoms with van der Waals surface area (Å²) in [5, 5.41) is 9.30. The number of hydrogen-bond acceptors (Lipinski definition) is 6. The average molecular weight is 355 g/mol. The number of anilines is 2. The number of benzene rings is 2. The number of nitrogens with zero attached hydrogens (tertiary/aromatic N) is 3. The molecule has 0 heterocycles. The predicted octanol–water partition coefficient (Wildman–Crippen LogP) is 4.28. The summed E-state index contributed by atoms with van der Waals surface area (Å²) in [4.78, 5) is 10.5. The van der Waals surface area contributed by atoms with Gasteiger partial charge in [0, 0.05) is 48.9 Å². The van der Waals surface area contributed by atoms with Crippen molar-refractivity contribution in [2.24, 2.45) is 9.98 Å². The van der Waals surface area contributed by atoms with Crippen LogP contribution in [-0.2, 0) is 0 Å². The first-order valence-electron chi connectivity index (χ1n) is 8.37. The van der Waals surface area contributed by atoms with Gasteiger partial charge in [0.05, 0.1) is 25.6 Å². The zero-order valence-corrected chi connectivity index (χ0v) is 15.5. The Bertz CT molecular complexity index is 753. The molecule has 6 nitrogen and oxygen atoms in total.